The van der Waals surface area contributed by atoms with Crippen LogP contribution in [-0.2, 0) is 11.3 Å². The number of carbonyl (C=O) groups excluding carboxylic acids is 1. The topological polar surface area (TPSA) is 25.2 Å². The number of amides is 1. The van der Waals surface area contributed by atoms with E-state index in [1.54, 1.807) is 0 Å². The second-order valence-corrected chi connectivity index (χ2v) is 4.17. The molecule has 1 atom stereocenters. The summed E-state index contributed by atoms with van der Waals surface area (Å²) in [6.07, 6.45) is 5.61. The Morgan fingerprint density at radius 1 is 1.62 bits per heavy atom. The zero-order valence-corrected chi connectivity index (χ0v) is 9.72. The third-order valence-corrected chi connectivity index (χ3v) is 3.18. The summed E-state index contributed by atoms with van der Waals surface area (Å²) >= 11 is 0. The third kappa shape index (κ3) is 1.77. The van der Waals surface area contributed by atoms with Gasteiger partial charge >= 0.3 is 0 Å². The first-order valence-electron chi connectivity index (χ1n) is 5.86. The quantitative estimate of drug-likeness (QED) is 0.715. The molecule has 0 fully saturated rings. The van der Waals surface area contributed by atoms with Crippen molar-refractivity contribution in [2.75, 3.05) is 6.54 Å². The molecule has 0 bridgehead atoms. The largest absolute Gasteiger partial charge is 0.348 e. The van der Waals surface area contributed by atoms with Crippen molar-refractivity contribution in [3.05, 3.63) is 36.7 Å². The summed E-state index contributed by atoms with van der Waals surface area (Å²) in [5.41, 5.74) is 1.25. The number of carbonyl (C=O) groups is 1. The lowest BCUT2D eigenvalue weighted by Gasteiger charge is -2.36. The van der Waals surface area contributed by atoms with Gasteiger partial charge in [0.2, 0.25) is 5.91 Å². The molecule has 3 heteroatoms. The Morgan fingerprint density at radius 3 is 3.12 bits per heavy atom. The number of hydrogen-bond donors (Lipinski definition) is 0. The molecule has 0 aromatic carbocycles. The van der Waals surface area contributed by atoms with Crippen molar-refractivity contribution in [1.29, 1.82) is 0 Å². The molecular formula is C13H18N2O. The van der Waals surface area contributed by atoms with Crippen molar-refractivity contribution in [1.82, 2.24) is 9.47 Å². The Hall–Kier alpha value is -1.51. The fourth-order valence-electron chi connectivity index (χ4n) is 2.42. The van der Waals surface area contributed by atoms with E-state index >= 15 is 0 Å². The lowest BCUT2D eigenvalue weighted by atomic mass is 10.0. The van der Waals surface area contributed by atoms with E-state index in [4.69, 9.17) is 0 Å². The molecule has 86 valence electrons. The third-order valence-electron chi connectivity index (χ3n) is 3.18. The maximum Gasteiger partial charge on any atom is 0.246 e. The van der Waals surface area contributed by atoms with Crippen molar-refractivity contribution < 1.29 is 4.79 Å². The predicted octanol–water partition coefficient (Wildman–Crippen LogP) is 2.36. The van der Waals surface area contributed by atoms with E-state index in [2.05, 4.69) is 36.4 Å². The maximum atomic E-state index is 11.8. The summed E-state index contributed by atoms with van der Waals surface area (Å²) < 4.78 is 2.24. The first-order chi connectivity index (χ1) is 7.77. The molecule has 16 heavy (non-hydrogen) atoms. The number of hydrogen-bond acceptors (Lipinski definition) is 1. The van der Waals surface area contributed by atoms with E-state index in [1.807, 2.05) is 4.90 Å². The second-order valence-electron chi connectivity index (χ2n) is 4.17. The van der Waals surface area contributed by atoms with Crippen LogP contribution in [0.25, 0.3) is 0 Å². The molecular weight excluding hydrogens is 200 g/mol. The molecule has 1 aliphatic rings. The smallest absolute Gasteiger partial charge is 0.246 e. The Kier molecular flexibility index (Phi) is 3.13. The average molecular weight is 218 g/mol. The summed E-state index contributed by atoms with van der Waals surface area (Å²) in [5, 5.41) is 0. The molecule has 0 saturated heterocycles. The summed E-state index contributed by atoms with van der Waals surface area (Å²) in [5.74, 6) is 0.0471. The minimum Gasteiger partial charge on any atom is -0.348 e. The summed E-state index contributed by atoms with van der Waals surface area (Å²) in [4.78, 5) is 13.7. The Labute approximate surface area is 96.4 Å². The number of nitrogens with zero attached hydrogens (tertiary/aromatic N) is 2. The van der Waals surface area contributed by atoms with Crippen LogP contribution < -0.4 is 0 Å². The van der Waals surface area contributed by atoms with Crippen molar-refractivity contribution >= 4 is 5.91 Å². The van der Waals surface area contributed by atoms with Gasteiger partial charge in [0.25, 0.3) is 0 Å². The van der Waals surface area contributed by atoms with Gasteiger partial charge in [-0.2, -0.15) is 0 Å². The lowest BCUT2D eigenvalue weighted by molar-refractivity contribution is -0.129. The molecule has 1 amide bonds. The highest BCUT2D eigenvalue weighted by Gasteiger charge is 2.28. The molecule has 1 aliphatic heterocycles. The van der Waals surface area contributed by atoms with Gasteiger partial charge in [-0.15, -0.1) is 0 Å². The maximum absolute atomic E-state index is 11.8. The summed E-state index contributed by atoms with van der Waals surface area (Å²) in [6, 6.07) is 4.39. The molecule has 0 N–H and O–H groups in total. The average Bonchev–Trinajstić information content (AvgIpc) is 2.77. The number of rotatable bonds is 3. The van der Waals surface area contributed by atoms with Crippen molar-refractivity contribution in [2.24, 2.45) is 0 Å². The van der Waals surface area contributed by atoms with Crippen LogP contribution in [-0.4, -0.2) is 21.9 Å². The molecule has 0 radical (unpaired) electrons. The first-order valence-corrected chi connectivity index (χ1v) is 5.86. The Morgan fingerprint density at radius 2 is 2.44 bits per heavy atom. The molecule has 0 saturated carbocycles. The van der Waals surface area contributed by atoms with Gasteiger partial charge in [-0.3, -0.25) is 4.79 Å². The van der Waals surface area contributed by atoms with Crippen molar-refractivity contribution in [2.45, 2.75) is 32.4 Å². The van der Waals surface area contributed by atoms with E-state index in [9.17, 15) is 4.79 Å². The summed E-state index contributed by atoms with van der Waals surface area (Å²) in [6.45, 7) is 7.41. The fraction of sp³-hybridized carbons (Fsp3) is 0.462. The second kappa shape index (κ2) is 4.56. The van der Waals surface area contributed by atoms with E-state index < -0.39 is 0 Å². The van der Waals surface area contributed by atoms with Crippen LogP contribution in [0.1, 0.15) is 31.5 Å². The van der Waals surface area contributed by atoms with Gasteiger partial charge in [0, 0.05) is 25.0 Å². The highest BCUT2D eigenvalue weighted by Crippen LogP contribution is 2.29. The van der Waals surface area contributed by atoms with Crippen LogP contribution in [0.5, 0.6) is 0 Å². The molecule has 1 aromatic rings. The first kappa shape index (κ1) is 11.0. The predicted molar refractivity (Wildman–Crippen MR) is 64.0 cm³/mol. The van der Waals surface area contributed by atoms with Crippen molar-refractivity contribution in [3.63, 3.8) is 0 Å². The fourth-order valence-corrected chi connectivity index (χ4v) is 2.42. The van der Waals surface area contributed by atoms with Crippen LogP contribution >= 0.6 is 0 Å². The molecule has 2 rings (SSSR count). The van der Waals surface area contributed by atoms with Gasteiger partial charge in [-0.1, -0.05) is 19.9 Å². The zero-order valence-electron chi connectivity index (χ0n) is 9.72. The molecule has 3 nitrogen and oxygen atoms in total. The lowest BCUT2D eigenvalue weighted by Crippen LogP contribution is -2.41. The van der Waals surface area contributed by atoms with Crippen LogP contribution in [0.2, 0.25) is 0 Å². The van der Waals surface area contributed by atoms with Crippen LogP contribution in [0, 0.1) is 0 Å². The van der Waals surface area contributed by atoms with Crippen molar-refractivity contribution in [3.8, 4) is 0 Å². The highest BCUT2D eigenvalue weighted by molar-refractivity contribution is 5.87. The van der Waals surface area contributed by atoms with E-state index in [-0.39, 0.29) is 11.9 Å². The van der Waals surface area contributed by atoms with Crippen LogP contribution in [0.4, 0.5) is 0 Å². The van der Waals surface area contributed by atoms with Gasteiger partial charge in [0.15, 0.2) is 0 Å². The molecule has 1 unspecified atom stereocenters. The SMILES string of the molecule is C=CC(=O)N1CCn2cccc2C1CCC. The van der Waals surface area contributed by atoms with Gasteiger partial charge in [-0.05, 0) is 24.6 Å². The van der Waals surface area contributed by atoms with E-state index in [0.717, 1.165) is 25.9 Å². The standard InChI is InChI=1S/C13H18N2O/c1-3-6-12-11-7-5-8-14(11)9-10-15(12)13(16)4-2/h4-5,7-8,12H,2-3,6,9-10H2,1H3. The van der Waals surface area contributed by atoms with Gasteiger partial charge in [0.1, 0.15) is 0 Å². The van der Waals surface area contributed by atoms with Gasteiger partial charge in [-0.25, -0.2) is 0 Å². The Bertz CT molecular complexity index is 394. The molecule has 0 spiro atoms. The minimum atomic E-state index is 0.0471. The number of fused-ring (bicyclic) bond motifs is 1. The number of aromatic nitrogens is 1. The van der Waals surface area contributed by atoms with Crippen LogP contribution in [0.15, 0.2) is 31.0 Å². The monoisotopic (exact) mass is 218 g/mol. The highest BCUT2D eigenvalue weighted by atomic mass is 16.2. The van der Waals surface area contributed by atoms with Gasteiger partial charge in [0.05, 0.1) is 6.04 Å². The van der Waals surface area contributed by atoms with E-state index in [1.165, 1.54) is 11.8 Å². The normalized spacial score (nSPS) is 19.3. The van der Waals surface area contributed by atoms with Crippen LogP contribution in [0.3, 0.4) is 0 Å². The molecule has 0 aliphatic carbocycles. The molecule has 1 aromatic heterocycles. The molecule has 2 heterocycles. The minimum absolute atomic E-state index is 0.0471. The van der Waals surface area contributed by atoms with Gasteiger partial charge < -0.3 is 9.47 Å². The van der Waals surface area contributed by atoms with E-state index in [0.29, 0.717) is 0 Å². The Balaban J connectivity index is 2.30. The summed E-state index contributed by atoms with van der Waals surface area (Å²) in [7, 11) is 0. The zero-order chi connectivity index (χ0) is 11.5.